The molecule has 1 aromatic heterocycles. The van der Waals surface area contributed by atoms with Crippen LogP contribution in [0.3, 0.4) is 0 Å². The quantitative estimate of drug-likeness (QED) is 0.863. The van der Waals surface area contributed by atoms with Gasteiger partial charge in [0.25, 0.3) is 0 Å². The van der Waals surface area contributed by atoms with Crippen LogP contribution in [0.2, 0.25) is 0 Å². The number of carbonyl (C=O) groups is 2. The number of aromatic carboxylic acids is 1. The van der Waals surface area contributed by atoms with E-state index in [2.05, 4.69) is 0 Å². The van der Waals surface area contributed by atoms with Crippen molar-refractivity contribution >= 4 is 11.8 Å². The van der Waals surface area contributed by atoms with E-state index in [0.717, 1.165) is 12.8 Å². The smallest absolute Gasteiger partial charge is 0.338 e. The molecule has 3 rings (SSSR count). The molecule has 1 aromatic carbocycles. The summed E-state index contributed by atoms with van der Waals surface area (Å²) in [6.45, 7) is 0. The average Bonchev–Trinajstić information content (AvgIpc) is 2.73. The Balaban J connectivity index is 2.28. The number of ketones is 1. The molecule has 1 heterocycles. The monoisotopic (exact) mass is 287 g/mol. The van der Waals surface area contributed by atoms with Crippen LogP contribution >= 0.6 is 0 Å². The van der Waals surface area contributed by atoms with Crippen LogP contribution in [0.25, 0.3) is 5.69 Å². The molecule has 0 spiro atoms. The number of carboxylic acids is 1. The molecule has 1 N–H and O–H groups in total. The highest BCUT2D eigenvalue weighted by Gasteiger charge is 2.28. The van der Waals surface area contributed by atoms with Crippen LogP contribution in [0, 0.1) is 5.82 Å². The van der Waals surface area contributed by atoms with Gasteiger partial charge in [-0.2, -0.15) is 0 Å². The van der Waals surface area contributed by atoms with E-state index in [4.69, 9.17) is 0 Å². The number of halogens is 1. The average molecular weight is 287 g/mol. The largest absolute Gasteiger partial charge is 0.478 e. The fourth-order valence-corrected chi connectivity index (χ4v) is 2.83. The molecule has 0 bridgehead atoms. The zero-order valence-corrected chi connectivity index (χ0v) is 11.3. The third-order valence-corrected chi connectivity index (χ3v) is 3.80. The van der Waals surface area contributed by atoms with Gasteiger partial charge in [0.1, 0.15) is 5.82 Å². The summed E-state index contributed by atoms with van der Waals surface area (Å²) in [6.07, 6.45) is 3.78. The van der Waals surface area contributed by atoms with Gasteiger partial charge in [0.15, 0.2) is 5.78 Å². The highest BCUT2D eigenvalue weighted by Crippen LogP contribution is 2.29. The van der Waals surface area contributed by atoms with Gasteiger partial charge in [-0.1, -0.05) is 12.1 Å². The van der Waals surface area contributed by atoms with Crippen LogP contribution in [0.5, 0.6) is 0 Å². The molecule has 2 aromatic rings. The molecule has 0 unspecified atom stereocenters. The molecule has 1 aliphatic rings. The second kappa shape index (κ2) is 5.16. The lowest BCUT2D eigenvalue weighted by molar-refractivity contribution is 0.0692. The molecule has 0 fully saturated rings. The van der Waals surface area contributed by atoms with Crippen molar-refractivity contribution in [3.63, 3.8) is 0 Å². The summed E-state index contributed by atoms with van der Waals surface area (Å²) in [4.78, 5) is 23.6. The predicted molar refractivity (Wildman–Crippen MR) is 74.6 cm³/mol. The first kappa shape index (κ1) is 13.5. The van der Waals surface area contributed by atoms with Gasteiger partial charge >= 0.3 is 5.97 Å². The third kappa shape index (κ3) is 2.24. The molecule has 0 radical (unpaired) electrons. The highest BCUT2D eigenvalue weighted by atomic mass is 19.1. The summed E-state index contributed by atoms with van der Waals surface area (Å²) >= 11 is 0. The Bertz CT molecular complexity index is 733. The fourth-order valence-electron chi connectivity index (χ4n) is 2.83. The van der Waals surface area contributed by atoms with Crippen molar-refractivity contribution in [1.29, 1.82) is 0 Å². The van der Waals surface area contributed by atoms with Gasteiger partial charge in [0.2, 0.25) is 0 Å². The fraction of sp³-hybridized carbons (Fsp3) is 0.250. The maximum atomic E-state index is 14.0. The van der Waals surface area contributed by atoms with Crippen LogP contribution in [0.4, 0.5) is 4.39 Å². The van der Waals surface area contributed by atoms with E-state index in [1.165, 1.54) is 16.8 Å². The normalized spacial score (nSPS) is 14.6. The van der Waals surface area contributed by atoms with Crippen molar-refractivity contribution in [2.24, 2.45) is 0 Å². The standard InChI is InChI=1S/C16H14FNO3/c17-11-5-1-2-6-12(11)18-9-10(16(20)21)15-13(18)7-3-4-8-14(15)19/h1-2,5-6,9H,3-4,7-8H2,(H,20,21). The topological polar surface area (TPSA) is 59.3 Å². The summed E-state index contributed by atoms with van der Waals surface area (Å²) in [6, 6.07) is 6.16. The van der Waals surface area contributed by atoms with Gasteiger partial charge in [-0.05, 0) is 31.4 Å². The van der Waals surface area contributed by atoms with Gasteiger partial charge in [0.05, 0.1) is 16.8 Å². The van der Waals surface area contributed by atoms with Crippen molar-refractivity contribution in [3.8, 4) is 5.69 Å². The van der Waals surface area contributed by atoms with Gasteiger partial charge < -0.3 is 9.67 Å². The van der Waals surface area contributed by atoms with Crippen molar-refractivity contribution < 1.29 is 19.1 Å². The first-order valence-corrected chi connectivity index (χ1v) is 6.85. The minimum absolute atomic E-state index is 0.0415. The van der Waals surface area contributed by atoms with Crippen molar-refractivity contribution in [2.75, 3.05) is 0 Å². The van der Waals surface area contributed by atoms with E-state index in [9.17, 15) is 19.1 Å². The number of rotatable bonds is 2. The summed E-state index contributed by atoms with van der Waals surface area (Å²) in [5.41, 5.74) is 1.07. The Hall–Kier alpha value is -2.43. The van der Waals surface area contributed by atoms with Gasteiger partial charge in [-0.15, -0.1) is 0 Å². The maximum absolute atomic E-state index is 14.0. The molecule has 0 saturated heterocycles. The summed E-state index contributed by atoms with van der Waals surface area (Å²) in [5.74, 6) is -1.77. The van der Waals surface area contributed by atoms with Crippen molar-refractivity contribution in [2.45, 2.75) is 25.7 Å². The maximum Gasteiger partial charge on any atom is 0.338 e. The predicted octanol–water partition coefficient (Wildman–Crippen LogP) is 3.22. The number of hydrogen-bond acceptors (Lipinski definition) is 2. The van der Waals surface area contributed by atoms with Gasteiger partial charge in [-0.3, -0.25) is 4.79 Å². The Kier molecular flexibility index (Phi) is 3.33. The highest BCUT2D eigenvalue weighted by molar-refractivity contribution is 6.07. The van der Waals surface area contributed by atoms with Crippen molar-refractivity contribution in [1.82, 2.24) is 4.57 Å². The lowest BCUT2D eigenvalue weighted by atomic mass is 10.1. The van der Waals surface area contributed by atoms with Crippen LogP contribution in [0.1, 0.15) is 45.7 Å². The molecule has 0 saturated carbocycles. The van der Waals surface area contributed by atoms with E-state index in [0.29, 0.717) is 18.5 Å². The van der Waals surface area contributed by atoms with Gasteiger partial charge in [0, 0.05) is 18.3 Å². The number of benzene rings is 1. The zero-order chi connectivity index (χ0) is 15.0. The van der Waals surface area contributed by atoms with E-state index in [1.54, 1.807) is 18.2 Å². The molecule has 21 heavy (non-hydrogen) atoms. The first-order valence-electron chi connectivity index (χ1n) is 6.85. The summed E-state index contributed by atoms with van der Waals surface area (Å²) in [5, 5.41) is 9.32. The molecule has 0 atom stereocenters. The summed E-state index contributed by atoms with van der Waals surface area (Å²) < 4.78 is 15.5. The molecular weight excluding hydrogens is 273 g/mol. The second-order valence-corrected chi connectivity index (χ2v) is 5.12. The number of hydrogen-bond donors (Lipinski definition) is 1. The van der Waals surface area contributed by atoms with E-state index < -0.39 is 11.8 Å². The molecule has 5 heteroatoms. The van der Waals surface area contributed by atoms with E-state index in [-0.39, 0.29) is 22.6 Å². The summed E-state index contributed by atoms with van der Waals surface area (Å²) in [7, 11) is 0. The van der Waals surface area contributed by atoms with E-state index in [1.807, 2.05) is 0 Å². The number of nitrogens with zero attached hydrogens (tertiary/aromatic N) is 1. The molecule has 0 aliphatic heterocycles. The number of aromatic nitrogens is 1. The van der Waals surface area contributed by atoms with Crippen molar-refractivity contribution in [3.05, 3.63) is 53.1 Å². The Labute approximate surface area is 120 Å². The van der Waals surface area contributed by atoms with Crippen LogP contribution in [0.15, 0.2) is 30.5 Å². The SMILES string of the molecule is O=C(O)c1cn(-c2ccccc2F)c2c1C(=O)CCCC2. The van der Waals surface area contributed by atoms with Crippen LogP contribution in [-0.4, -0.2) is 21.4 Å². The number of para-hydroxylation sites is 1. The Morgan fingerprint density at radius 3 is 2.62 bits per heavy atom. The number of Topliss-reactive ketones (excluding diaryl/α,β-unsaturated/α-hetero) is 1. The lowest BCUT2D eigenvalue weighted by Crippen LogP contribution is -2.07. The lowest BCUT2D eigenvalue weighted by Gasteiger charge is -2.10. The van der Waals surface area contributed by atoms with Crippen LogP contribution < -0.4 is 0 Å². The van der Waals surface area contributed by atoms with Gasteiger partial charge in [-0.25, -0.2) is 9.18 Å². The zero-order valence-electron chi connectivity index (χ0n) is 11.3. The first-order chi connectivity index (χ1) is 10.1. The minimum Gasteiger partial charge on any atom is -0.478 e. The second-order valence-electron chi connectivity index (χ2n) is 5.12. The molecule has 1 aliphatic carbocycles. The molecule has 4 nitrogen and oxygen atoms in total. The Morgan fingerprint density at radius 1 is 1.19 bits per heavy atom. The number of carboxylic acid groups (broad SMARTS) is 1. The minimum atomic E-state index is -1.16. The number of carbonyl (C=O) groups excluding carboxylic acids is 1. The number of fused-ring (bicyclic) bond motifs is 1. The van der Waals surface area contributed by atoms with E-state index >= 15 is 0 Å². The Morgan fingerprint density at radius 2 is 1.90 bits per heavy atom. The molecule has 0 amide bonds. The van der Waals surface area contributed by atoms with Crippen LogP contribution in [-0.2, 0) is 6.42 Å². The molecular formula is C16H14FNO3. The third-order valence-electron chi connectivity index (χ3n) is 3.80. The molecule has 108 valence electrons.